The Balaban J connectivity index is 3.18. The van der Waals surface area contributed by atoms with Gasteiger partial charge in [-0.3, -0.25) is 20.2 Å². The highest BCUT2D eigenvalue weighted by Gasteiger charge is 2.21. The minimum Gasteiger partial charge on any atom is -0.696 e. The number of non-ortho nitro benzene ring substituents is 1. The third-order valence-electron chi connectivity index (χ3n) is 1.70. The average molecular weight is 241 g/mol. The van der Waals surface area contributed by atoms with Crippen molar-refractivity contribution in [3.05, 3.63) is 43.6 Å². The van der Waals surface area contributed by atoms with Crippen molar-refractivity contribution < 1.29 is 14.7 Å². The summed E-state index contributed by atoms with van der Waals surface area (Å²) in [6, 6.07) is 2.95. The molecule has 17 heavy (non-hydrogen) atoms. The van der Waals surface area contributed by atoms with E-state index in [9.17, 15) is 25.4 Å². The van der Waals surface area contributed by atoms with Gasteiger partial charge in [-0.2, -0.15) is 4.86 Å². The molecular formula is C7H7N5O5. The van der Waals surface area contributed by atoms with Crippen LogP contribution in [-0.4, -0.2) is 21.8 Å². The first kappa shape index (κ1) is 12.3. The molecule has 0 amide bonds. The molecule has 10 heteroatoms. The van der Waals surface area contributed by atoms with Crippen LogP contribution >= 0.6 is 0 Å². The van der Waals surface area contributed by atoms with E-state index in [4.69, 9.17) is 0 Å². The van der Waals surface area contributed by atoms with Gasteiger partial charge in [-0.15, -0.1) is 5.43 Å². The molecule has 0 saturated heterocycles. The van der Waals surface area contributed by atoms with E-state index in [-0.39, 0.29) is 10.5 Å². The van der Waals surface area contributed by atoms with E-state index in [0.29, 0.717) is 0 Å². The Hall–Kier alpha value is -2.78. The minimum atomic E-state index is -0.810. The first-order valence-corrected chi connectivity index (χ1v) is 4.22. The van der Waals surface area contributed by atoms with Crippen LogP contribution in [0.4, 0.5) is 17.1 Å². The zero-order valence-corrected chi connectivity index (χ0v) is 8.56. The fraction of sp³-hybridized carbons (Fsp3) is 0.143. The largest absolute Gasteiger partial charge is 0.696 e. The molecule has 0 fully saturated rings. The number of hydrogen-bond acceptors (Lipinski definition) is 6. The lowest BCUT2D eigenvalue weighted by Crippen LogP contribution is -2.01. The predicted octanol–water partition coefficient (Wildman–Crippen LogP) is 1.42. The Kier molecular flexibility index (Phi) is 3.49. The van der Waals surface area contributed by atoms with Gasteiger partial charge < -0.3 is 5.21 Å². The van der Waals surface area contributed by atoms with Crippen LogP contribution in [-0.2, 0) is 0 Å². The van der Waals surface area contributed by atoms with Gasteiger partial charge in [0, 0.05) is 12.1 Å². The molecule has 1 aromatic rings. The van der Waals surface area contributed by atoms with Gasteiger partial charge >= 0.3 is 5.69 Å². The molecule has 0 aromatic heterocycles. The second kappa shape index (κ2) is 4.83. The van der Waals surface area contributed by atoms with Crippen LogP contribution in [0.5, 0.6) is 0 Å². The summed E-state index contributed by atoms with van der Waals surface area (Å²) in [4.78, 5) is 19.7. The van der Waals surface area contributed by atoms with Crippen molar-refractivity contribution in [1.29, 1.82) is 0 Å². The zero-order chi connectivity index (χ0) is 13.0. The number of anilines is 1. The Labute approximate surface area is 94.0 Å². The van der Waals surface area contributed by atoms with Crippen LogP contribution in [0.15, 0.2) is 23.4 Å². The summed E-state index contributed by atoms with van der Waals surface area (Å²) in [5, 5.41) is 34.7. The van der Waals surface area contributed by atoms with Crippen molar-refractivity contribution in [2.45, 2.75) is 0 Å². The number of nitro benzene ring substituents is 2. The van der Waals surface area contributed by atoms with E-state index in [1.807, 2.05) is 0 Å². The number of nitrogens with one attached hydrogen (secondary N) is 1. The second-order valence-corrected chi connectivity index (χ2v) is 2.89. The Bertz CT molecular complexity index is 495. The smallest absolute Gasteiger partial charge is 0.324 e. The van der Waals surface area contributed by atoms with Crippen molar-refractivity contribution in [3.8, 4) is 0 Å². The second-order valence-electron chi connectivity index (χ2n) is 2.89. The lowest BCUT2D eigenvalue weighted by Gasteiger charge is -1.99. The molecule has 0 saturated carbocycles. The number of rotatable bonds is 4. The maximum atomic E-state index is 10.7. The maximum Gasteiger partial charge on any atom is 0.324 e. The van der Waals surface area contributed by atoms with Gasteiger partial charge in [0.15, 0.2) is 0 Å². The maximum absolute atomic E-state index is 10.7. The average Bonchev–Trinajstić information content (AvgIpc) is 2.25. The van der Waals surface area contributed by atoms with Gasteiger partial charge in [-0.1, -0.05) is 0 Å². The molecule has 0 aliphatic heterocycles. The molecule has 10 nitrogen and oxygen atoms in total. The van der Waals surface area contributed by atoms with Crippen LogP contribution in [0, 0.1) is 25.4 Å². The van der Waals surface area contributed by atoms with Gasteiger partial charge in [-0.05, 0) is 0 Å². The van der Waals surface area contributed by atoms with Crippen LogP contribution in [0.1, 0.15) is 0 Å². The first-order valence-electron chi connectivity index (χ1n) is 4.22. The molecule has 0 bridgehead atoms. The van der Waals surface area contributed by atoms with Crippen LogP contribution in [0.25, 0.3) is 0 Å². The number of hydrogen-bond donors (Lipinski definition) is 1. The molecule has 0 aliphatic rings. The van der Waals surface area contributed by atoms with Crippen LogP contribution in [0.3, 0.4) is 0 Å². The molecule has 0 spiro atoms. The lowest BCUT2D eigenvalue weighted by atomic mass is 10.2. The molecule has 1 N–H and O–H groups in total. The van der Waals surface area contributed by atoms with Crippen LogP contribution < -0.4 is 5.43 Å². The third kappa shape index (κ3) is 3.09. The van der Waals surface area contributed by atoms with E-state index in [0.717, 1.165) is 25.2 Å². The summed E-state index contributed by atoms with van der Waals surface area (Å²) in [6.45, 7) is 0. The fourth-order valence-corrected chi connectivity index (χ4v) is 1.00. The van der Waals surface area contributed by atoms with E-state index >= 15 is 0 Å². The summed E-state index contributed by atoms with van der Waals surface area (Å²) >= 11 is 0. The number of hydroxylamine groups is 1. The number of nitro groups is 2. The standard InChI is InChI=1S/C7H7N5O5/c1-10(13)9-8-6-3-2-5(11(14)15)4-7(6)12(16)17/h2-4,8H,1H3. The van der Waals surface area contributed by atoms with Gasteiger partial charge in [0.2, 0.25) is 5.69 Å². The molecule has 90 valence electrons. The van der Waals surface area contributed by atoms with E-state index in [1.54, 1.807) is 0 Å². The number of benzene rings is 1. The fourth-order valence-electron chi connectivity index (χ4n) is 1.00. The Morgan fingerprint density at radius 1 is 1.18 bits per heavy atom. The number of nitrogens with zero attached hydrogens (tertiary/aromatic N) is 4. The quantitative estimate of drug-likeness (QED) is 0.366. The van der Waals surface area contributed by atoms with Gasteiger partial charge in [0.05, 0.1) is 21.1 Å². The normalized spacial score (nSPS) is 11.0. The molecule has 0 atom stereocenters. The highest BCUT2D eigenvalue weighted by molar-refractivity contribution is 5.64. The molecule has 1 aromatic carbocycles. The Morgan fingerprint density at radius 3 is 2.29 bits per heavy atom. The van der Waals surface area contributed by atoms with E-state index in [2.05, 4.69) is 10.6 Å². The van der Waals surface area contributed by atoms with E-state index in [1.165, 1.54) is 0 Å². The third-order valence-corrected chi connectivity index (χ3v) is 1.70. The van der Waals surface area contributed by atoms with Crippen molar-refractivity contribution in [2.24, 2.45) is 5.22 Å². The van der Waals surface area contributed by atoms with Gasteiger partial charge in [0.25, 0.3) is 5.69 Å². The van der Waals surface area contributed by atoms with Crippen molar-refractivity contribution in [3.63, 3.8) is 0 Å². The topological polar surface area (TPSA) is 137 Å². The highest BCUT2D eigenvalue weighted by atomic mass is 16.6. The zero-order valence-electron chi connectivity index (χ0n) is 8.56. The molecule has 0 unspecified atom stereocenters. The lowest BCUT2D eigenvalue weighted by molar-refractivity contribution is -0.497. The summed E-state index contributed by atoms with van der Waals surface area (Å²) in [5.41, 5.74) is 1.07. The van der Waals surface area contributed by atoms with Crippen molar-refractivity contribution >= 4 is 17.1 Å². The SMILES string of the molecule is C[N+]([O-])=NNc1ccc([N+](=O)[O-])cc1[N+](=O)[O-]. The van der Waals surface area contributed by atoms with E-state index < -0.39 is 21.2 Å². The van der Waals surface area contributed by atoms with Crippen molar-refractivity contribution in [2.75, 3.05) is 12.5 Å². The summed E-state index contributed by atoms with van der Waals surface area (Å²) in [5.74, 6) is 0. The monoisotopic (exact) mass is 241 g/mol. The summed E-state index contributed by atoms with van der Waals surface area (Å²) in [6.07, 6.45) is 0. The molecule has 0 radical (unpaired) electrons. The van der Waals surface area contributed by atoms with Crippen molar-refractivity contribution in [1.82, 2.24) is 0 Å². The summed E-state index contributed by atoms with van der Waals surface area (Å²) < 4.78 is 0. The predicted molar refractivity (Wildman–Crippen MR) is 55.4 cm³/mol. The summed E-state index contributed by atoms with van der Waals surface area (Å²) in [7, 11) is 1.07. The highest BCUT2D eigenvalue weighted by Crippen LogP contribution is 2.28. The minimum absolute atomic E-state index is 0.108. The van der Waals surface area contributed by atoms with Gasteiger partial charge in [-0.25, -0.2) is 0 Å². The molecule has 1 rings (SSSR count). The van der Waals surface area contributed by atoms with Crippen LogP contribution in [0.2, 0.25) is 0 Å². The van der Waals surface area contributed by atoms with Gasteiger partial charge in [0.1, 0.15) is 7.05 Å². The molecule has 0 heterocycles. The molecule has 0 aliphatic carbocycles. The first-order chi connectivity index (χ1) is 7.91. The Morgan fingerprint density at radius 2 is 1.82 bits per heavy atom. The molecular weight excluding hydrogens is 234 g/mol.